The molecule has 214 valence electrons. The molecule has 14 heteroatoms. The number of hydrogen-bond acceptors (Lipinski definition) is 10. The van der Waals surface area contributed by atoms with Gasteiger partial charge in [0.25, 0.3) is 20.2 Å². The fraction of sp³-hybridized carbons (Fsp3) is 0.792. The quantitative estimate of drug-likeness (QED) is 0.451. The zero-order valence-corrected chi connectivity index (χ0v) is 23.3. The van der Waals surface area contributed by atoms with E-state index < -0.39 is 103 Å². The van der Waals surface area contributed by atoms with Crippen molar-refractivity contribution in [3.05, 3.63) is 11.6 Å². The Morgan fingerprint density at radius 2 is 1.71 bits per heavy atom. The summed E-state index contributed by atoms with van der Waals surface area (Å²) in [4.78, 5) is 39.0. The lowest BCUT2D eigenvalue weighted by Gasteiger charge is -2.63. The fourth-order valence-electron chi connectivity index (χ4n) is 7.90. The molecule has 3 saturated carbocycles. The lowest BCUT2D eigenvalue weighted by atomic mass is 9.43. The first-order valence-electron chi connectivity index (χ1n) is 12.2. The zero-order valence-electron chi connectivity index (χ0n) is 21.7. The summed E-state index contributed by atoms with van der Waals surface area (Å²) in [5.41, 5.74) is -9.02. The molecule has 3 fully saturated rings. The van der Waals surface area contributed by atoms with Crippen LogP contribution in [0.25, 0.3) is 0 Å². The maximum atomic E-state index is 17.7. The minimum Gasteiger partial charge on any atom is -0.381 e. The van der Waals surface area contributed by atoms with Crippen molar-refractivity contribution in [2.24, 2.45) is 28.6 Å². The van der Waals surface area contributed by atoms with Crippen LogP contribution in [0.2, 0.25) is 0 Å². The molecule has 0 aromatic heterocycles. The third-order valence-corrected chi connectivity index (χ3v) is 10.7. The lowest BCUT2D eigenvalue weighted by Crippen LogP contribution is -2.74. The van der Waals surface area contributed by atoms with Crippen LogP contribution >= 0.6 is 0 Å². The SMILES string of the molecule is C[C@H]1C[C@H]2[C@@H]3[C@@H](OS(C)(=O)=O)[C@@H](OS(C)(=O)=O)C4=CC(=O)CC[C@]4(C)[C@@]3(F)C(=O)C[C@]2(C)[C@@]1(O)C(=O)CF. The summed E-state index contributed by atoms with van der Waals surface area (Å²) < 4.78 is 91.4. The second-order valence-corrected chi connectivity index (χ2v) is 14.9. The first-order chi connectivity index (χ1) is 17.2. The Balaban J connectivity index is 2.05. The van der Waals surface area contributed by atoms with Crippen molar-refractivity contribution >= 4 is 37.6 Å². The minimum atomic E-state index is -4.44. The molecular formula is C24H32F2O10S2. The van der Waals surface area contributed by atoms with Gasteiger partial charge in [0.15, 0.2) is 29.7 Å². The summed E-state index contributed by atoms with van der Waals surface area (Å²) in [5.74, 6) is -6.58. The van der Waals surface area contributed by atoms with E-state index in [1.165, 1.54) is 20.8 Å². The Labute approximate surface area is 220 Å². The van der Waals surface area contributed by atoms with Crippen LogP contribution in [0.15, 0.2) is 11.6 Å². The Morgan fingerprint density at radius 1 is 1.13 bits per heavy atom. The third-order valence-electron chi connectivity index (χ3n) is 9.53. The van der Waals surface area contributed by atoms with Crippen molar-refractivity contribution in [2.45, 2.75) is 69.9 Å². The molecule has 0 spiro atoms. The van der Waals surface area contributed by atoms with Crippen LogP contribution in [0.5, 0.6) is 0 Å². The molecule has 4 aliphatic carbocycles. The van der Waals surface area contributed by atoms with Gasteiger partial charge in [-0.3, -0.25) is 22.7 Å². The maximum absolute atomic E-state index is 17.7. The Kier molecular flexibility index (Phi) is 6.72. The molecule has 0 radical (unpaired) electrons. The van der Waals surface area contributed by atoms with Gasteiger partial charge in [0.05, 0.1) is 12.5 Å². The molecule has 0 unspecified atom stereocenters. The van der Waals surface area contributed by atoms with Crippen LogP contribution in [-0.2, 0) is 43.0 Å². The molecule has 0 amide bonds. The van der Waals surface area contributed by atoms with Crippen molar-refractivity contribution in [1.29, 1.82) is 0 Å². The molecule has 0 aromatic carbocycles. The highest BCUT2D eigenvalue weighted by Crippen LogP contribution is 2.71. The van der Waals surface area contributed by atoms with Gasteiger partial charge in [-0.1, -0.05) is 20.8 Å². The molecule has 9 atom stereocenters. The number of ketones is 3. The van der Waals surface area contributed by atoms with E-state index >= 15 is 4.39 Å². The predicted molar refractivity (Wildman–Crippen MR) is 128 cm³/mol. The normalized spacial score (nSPS) is 45.2. The van der Waals surface area contributed by atoms with Crippen LogP contribution in [0.4, 0.5) is 8.78 Å². The second-order valence-electron chi connectivity index (χ2n) is 11.7. The van der Waals surface area contributed by atoms with Crippen molar-refractivity contribution in [3.8, 4) is 0 Å². The standard InChI is InChI=1S/C24H32F2O10S2/c1-12-8-14-18-20(36-38(5,33)34)19(35-37(4,31)32)15-9-13(27)6-7-21(15,2)23(18,26)16(28)10-22(14,3)24(12,30)17(29)11-25/h9,12,14,18-20,30H,6-8,10-11H2,1-5H3/t12-,14-,18+,19-,20+,21-,22-,23+,24-/m0/s1. The molecule has 0 saturated heterocycles. The van der Waals surface area contributed by atoms with E-state index in [2.05, 4.69) is 0 Å². The predicted octanol–water partition coefficient (Wildman–Crippen LogP) is 1.21. The summed E-state index contributed by atoms with van der Waals surface area (Å²) in [7, 11) is -8.80. The van der Waals surface area contributed by atoms with Gasteiger partial charge in [-0.2, -0.15) is 16.8 Å². The van der Waals surface area contributed by atoms with Gasteiger partial charge >= 0.3 is 0 Å². The molecule has 4 rings (SSSR count). The molecule has 0 bridgehead atoms. The van der Waals surface area contributed by atoms with E-state index in [9.17, 15) is 40.7 Å². The average Bonchev–Trinajstić information content (AvgIpc) is 2.97. The summed E-state index contributed by atoms with van der Waals surface area (Å²) in [5, 5.41) is 11.6. The van der Waals surface area contributed by atoms with E-state index in [1.54, 1.807) is 0 Å². The molecule has 38 heavy (non-hydrogen) atoms. The second kappa shape index (κ2) is 8.69. The number of fused-ring (bicyclic) bond motifs is 5. The number of carbonyl (C=O) groups is 3. The highest BCUT2D eigenvalue weighted by molar-refractivity contribution is 7.86. The minimum absolute atomic E-state index is 0.119. The molecular weight excluding hydrogens is 550 g/mol. The van der Waals surface area contributed by atoms with E-state index in [0.29, 0.717) is 12.5 Å². The van der Waals surface area contributed by atoms with E-state index in [0.717, 1.165) is 6.08 Å². The third kappa shape index (κ3) is 3.88. The number of rotatable bonds is 6. The zero-order chi connectivity index (χ0) is 28.9. The molecule has 0 aromatic rings. The number of Topliss-reactive ketones (excluding diaryl/α,β-unsaturated/α-hetero) is 2. The molecule has 0 aliphatic heterocycles. The van der Waals surface area contributed by atoms with Gasteiger partial charge in [-0.25, -0.2) is 8.78 Å². The van der Waals surface area contributed by atoms with Gasteiger partial charge in [0.2, 0.25) is 0 Å². The lowest BCUT2D eigenvalue weighted by molar-refractivity contribution is -0.211. The van der Waals surface area contributed by atoms with Gasteiger partial charge in [-0.05, 0) is 36.3 Å². The fourth-order valence-corrected chi connectivity index (χ4v) is 9.11. The molecule has 0 heterocycles. The van der Waals surface area contributed by atoms with E-state index in [-0.39, 0.29) is 24.8 Å². The molecule has 10 nitrogen and oxygen atoms in total. The molecule has 4 aliphatic rings. The van der Waals surface area contributed by atoms with Crippen molar-refractivity contribution < 1.29 is 53.5 Å². The van der Waals surface area contributed by atoms with E-state index in [4.69, 9.17) is 8.37 Å². The van der Waals surface area contributed by atoms with Gasteiger partial charge in [0, 0.05) is 29.6 Å². The van der Waals surface area contributed by atoms with Gasteiger partial charge in [0.1, 0.15) is 17.8 Å². The monoisotopic (exact) mass is 582 g/mol. The summed E-state index contributed by atoms with van der Waals surface area (Å²) in [6.45, 7) is 2.62. The first-order valence-corrected chi connectivity index (χ1v) is 15.9. The van der Waals surface area contributed by atoms with E-state index in [1.807, 2.05) is 0 Å². The molecule has 1 N–H and O–H groups in total. The highest BCUT2D eigenvalue weighted by Gasteiger charge is 2.79. The first kappa shape index (κ1) is 29.4. The smallest absolute Gasteiger partial charge is 0.265 e. The van der Waals surface area contributed by atoms with Crippen molar-refractivity contribution in [3.63, 3.8) is 0 Å². The largest absolute Gasteiger partial charge is 0.381 e. The topological polar surface area (TPSA) is 158 Å². The van der Waals surface area contributed by atoms with Crippen LogP contribution in [0.1, 0.15) is 46.5 Å². The number of halogens is 2. The van der Waals surface area contributed by atoms with Crippen LogP contribution in [-0.4, -0.2) is 82.0 Å². The Hall–Kier alpha value is -1.61. The van der Waals surface area contributed by atoms with Crippen LogP contribution < -0.4 is 0 Å². The number of alkyl halides is 2. The summed E-state index contributed by atoms with van der Waals surface area (Å²) in [6, 6.07) is 0. The van der Waals surface area contributed by atoms with Crippen LogP contribution in [0, 0.1) is 28.6 Å². The van der Waals surface area contributed by atoms with Crippen molar-refractivity contribution in [1.82, 2.24) is 0 Å². The van der Waals surface area contributed by atoms with Crippen LogP contribution in [0.3, 0.4) is 0 Å². The van der Waals surface area contributed by atoms with Crippen molar-refractivity contribution in [2.75, 3.05) is 19.2 Å². The number of carbonyl (C=O) groups excluding carboxylic acids is 3. The highest BCUT2D eigenvalue weighted by atomic mass is 32.2. The Bertz CT molecular complexity index is 1340. The van der Waals surface area contributed by atoms with Gasteiger partial charge in [-0.15, -0.1) is 0 Å². The average molecular weight is 583 g/mol. The number of hydrogen-bond donors (Lipinski definition) is 1. The van der Waals surface area contributed by atoms with Gasteiger partial charge < -0.3 is 5.11 Å². The number of aliphatic hydroxyl groups is 1. The Morgan fingerprint density at radius 3 is 2.24 bits per heavy atom. The summed E-state index contributed by atoms with van der Waals surface area (Å²) in [6.07, 6.45) is -2.60. The maximum Gasteiger partial charge on any atom is 0.265 e. The summed E-state index contributed by atoms with van der Waals surface area (Å²) >= 11 is 0.